The van der Waals surface area contributed by atoms with Crippen LogP contribution in [-0.2, 0) is 19.6 Å². The molecule has 0 aromatic carbocycles. The Hall–Kier alpha value is -1.41. The number of nitrogens with one attached hydrogen (secondary N) is 1. The predicted molar refractivity (Wildman–Crippen MR) is 78.3 cm³/mol. The van der Waals surface area contributed by atoms with Crippen molar-refractivity contribution < 1.29 is 14.3 Å². The summed E-state index contributed by atoms with van der Waals surface area (Å²) in [5.74, 6) is -0.377. The first-order valence-electron chi connectivity index (χ1n) is 6.69. The zero-order valence-electron chi connectivity index (χ0n) is 11.8. The van der Waals surface area contributed by atoms with Crippen LogP contribution >= 0.6 is 15.9 Å². The summed E-state index contributed by atoms with van der Waals surface area (Å²) in [6.07, 6.45) is 1.32. The SMILES string of the molecule is CC[C@H]1OC(n2cc(CBr)c(=O)[nH]c2=O)C[C@@H]1OC(C)=O. The van der Waals surface area contributed by atoms with Crippen LogP contribution in [0.3, 0.4) is 0 Å². The fraction of sp³-hybridized carbons (Fsp3) is 0.615. The number of carbonyl (C=O) groups excluding carboxylic acids is 1. The summed E-state index contributed by atoms with van der Waals surface area (Å²) in [7, 11) is 0. The van der Waals surface area contributed by atoms with Gasteiger partial charge in [0.1, 0.15) is 12.3 Å². The van der Waals surface area contributed by atoms with Gasteiger partial charge < -0.3 is 9.47 Å². The van der Waals surface area contributed by atoms with Crippen LogP contribution in [0.4, 0.5) is 0 Å². The van der Waals surface area contributed by atoms with E-state index in [1.165, 1.54) is 17.7 Å². The number of halogens is 1. The smallest absolute Gasteiger partial charge is 0.330 e. The molecule has 116 valence electrons. The van der Waals surface area contributed by atoms with E-state index < -0.39 is 17.5 Å². The Kier molecular flexibility index (Phi) is 5.00. The first-order chi connectivity index (χ1) is 9.96. The standard InChI is InChI=1S/C13H17BrN2O5/c1-3-9-10(20-7(2)17)4-11(21-9)16-6-8(5-14)12(18)15-13(16)19/h6,9-11H,3-5H2,1-2H3,(H,15,18,19)/t9-,10+,11?/m1/s1. The molecular formula is C13H17BrN2O5. The summed E-state index contributed by atoms with van der Waals surface area (Å²) < 4.78 is 12.3. The third kappa shape index (κ3) is 3.44. The second-order valence-corrected chi connectivity index (χ2v) is 5.44. The predicted octanol–water partition coefficient (Wildman–Crippen LogP) is 1.06. The molecule has 0 radical (unpaired) electrons. The molecule has 1 N–H and O–H groups in total. The molecule has 1 fully saturated rings. The quantitative estimate of drug-likeness (QED) is 0.640. The number of H-pyrrole nitrogens is 1. The largest absolute Gasteiger partial charge is 0.460 e. The lowest BCUT2D eigenvalue weighted by atomic mass is 10.1. The van der Waals surface area contributed by atoms with Crippen molar-refractivity contribution in [3.63, 3.8) is 0 Å². The van der Waals surface area contributed by atoms with E-state index in [9.17, 15) is 14.4 Å². The van der Waals surface area contributed by atoms with Gasteiger partial charge in [0, 0.05) is 30.4 Å². The van der Waals surface area contributed by atoms with E-state index in [0.29, 0.717) is 23.7 Å². The Balaban J connectivity index is 2.29. The van der Waals surface area contributed by atoms with Crippen molar-refractivity contribution in [3.8, 4) is 0 Å². The lowest BCUT2D eigenvalue weighted by molar-refractivity contribution is -0.149. The molecular weight excluding hydrogens is 344 g/mol. The fourth-order valence-corrected chi connectivity index (χ4v) is 2.81. The molecule has 1 aliphatic heterocycles. The van der Waals surface area contributed by atoms with Crippen molar-refractivity contribution in [3.05, 3.63) is 32.6 Å². The number of rotatable bonds is 4. The van der Waals surface area contributed by atoms with Gasteiger partial charge in [-0.3, -0.25) is 19.1 Å². The zero-order valence-corrected chi connectivity index (χ0v) is 13.4. The van der Waals surface area contributed by atoms with Crippen molar-refractivity contribution in [2.45, 2.75) is 50.5 Å². The van der Waals surface area contributed by atoms with Crippen LogP contribution in [-0.4, -0.2) is 27.7 Å². The number of hydrogen-bond donors (Lipinski definition) is 1. The van der Waals surface area contributed by atoms with E-state index >= 15 is 0 Å². The Labute approximate surface area is 129 Å². The summed E-state index contributed by atoms with van der Waals surface area (Å²) in [5, 5.41) is 0.333. The molecule has 1 unspecified atom stereocenters. The average Bonchev–Trinajstić information content (AvgIpc) is 2.81. The number of carbonyl (C=O) groups is 1. The zero-order chi connectivity index (χ0) is 15.6. The van der Waals surface area contributed by atoms with Gasteiger partial charge in [-0.1, -0.05) is 22.9 Å². The number of ether oxygens (including phenoxy) is 2. The maximum absolute atomic E-state index is 11.9. The molecule has 2 rings (SSSR count). The average molecular weight is 361 g/mol. The van der Waals surface area contributed by atoms with Crippen molar-refractivity contribution in [2.75, 3.05) is 0 Å². The monoisotopic (exact) mass is 360 g/mol. The highest BCUT2D eigenvalue weighted by Gasteiger charge is 2.37. The van der Waals surface area contributed by atoms with Crippen LogP contribution in [0.5, 0.6) is 0 Å². The first kappa shape index (κ1) is 16.0. The second-order valence-electron chi connectivity index (χ2n) is 4.88. The van der Waals surface area contributed by atoms with Gasteiger partial charge in [0.15, 0.2) is 0 Å². The highest BCUT2D eigenvalue weighted by Crippen LogP contribution is 2.31. The topological polar surface area (TPSA) is 90.4 Å². The summed E-state index contributed by atoms with van der Waals surface area (Å²) in [6, 6.07) is 0. The molecule has 0 bridgehead atoms. The lowest BCUT2D eigenvalue weighted by Crippen LogP contribution is -2.33. The highest BCUT2D eigenvalue weighted by atomic mass is 79.9. The Morgan fingerprint density at radius 1 is 1.57 bits per heavy atom. The minimum atomic E-state index is -0.554. The van der Waals surface area contributed by atoms with E-state index in [2.05, 4.69) is 20.9 Å². The van der Waals surface area contributed by atoms with Gasteiger partial charge in [-0.05, 0) is 6.42 Å². The van der Waals surface area contributed by atoms with Gasteiger partial charge in [0.25, 0.3) is 5.56 Å². The lowest BCUT2D eigenvalue weighted by Gasteiger charge is -2.16. The molecule has 1 aromatic heterocycles. The third-order valence-electron chi connectivity index (χ3n) is 3.40. The molecule has 0 aliphatic carbocycles. The molecule has 1 saturated heterocycles. The van der Waals surface area contributed by atoms with Crippen LogP contribution in [0.2, 0.25) is 0 Å². The minimum Gasteiger partial charge on any atom is -0.460 e. The summed E-state index contributed by atoms with van der Waals surface area (Å²) in [4.78, 5) is 36.9. The number of aromatic nitrogens is 2. The van der Waals surface area contributed by atoms with Crippen LogP contribution < -0.4 is 11.2 Å². The van der Waals surface area contributed by atoms with E-state index in [1.54, 1.807) is 0 Å². The number of hydrogen-bond acceptors (Lipinski definition) is 5. The molecule has 8 heteroatoms. The van der Waals surface area contributed by atoms with Crippen molar-refractivity contribution in [1.82, 2.24) is 9.55 Å². The van der Waals surface area contributed by atoms with E-state index in [1.807, 2.05) is 6.92 Å². The maximum Gasteiger partial charge on any atom is 0.330 e. The Morgan fingerprint density at radius 2 is 2.29 bits per heavy atom. The first-order valence-corrected chi connectivity index (χ1v) is 7.81. The van der Waals surface area contributed by atoms with E-state index in [-0.39, 0.29) is 18.2 Å². The molecule has 1 aliphatic rings. The molecule has 2 heterocycles. The Morgan fingerprint density at radius 3 is 2.86 bits per heavy atom. The summed E-state index contributed by atoms with van der Waals surface area (Å²) in [6.45, 7) is 3.26. The van der Waals surface area contributed by atoms with Crippen LogP contribution in [0, 0.1) is 0 Å². The van der Waals surface area contributed by atoms with Crippen LogP contribution in [0.1, 0.15) is 38.5 Å². The molecule has 21 heavy (non-hydrogen) atoms. The molecule has 1 aromatic rings. The van der Waals surface area contributed by atoms with Crippen molar-refractivity contribution >= 4 is 21.9 Å². The maximum atomic E-state index is 11.9. The van der Waals surface area contributed by atoms with Gasteiger partial charge in [0.05, 0.1) is 6.10 Å². The van der Waals surface area contributed by atoms with Gasteiger partial charge in [-0.15, -0.1) is 0 Å². The summed E-state index contributed by atoms with van der Waals surface area (Å²) >= 11 is 3.20. The molecule has 3 atom stereocenters. The highest BCUT2D eigenvalue weighted by molar-refractivity contribution is 9.08. The van der Waals surface area contributed by atoms with E-state index in [0.717, 1.165) is 0 Å². The van der Waals surface area contributed by atoms with Crippen LogP contribution in [0.25, 0.3) is 0 Å². The van der Waals surface area contributed by atoms with Gasteiger partial charge in [-0.2, -0.15) is 0 Å². The second kappa shape index (κ2) is 6.57. The molecule has 7 nitrogen and oxygen atoms in total. The number of nitrogens with zero attached hydrogens (tertiary/aromatic N) is 1. The third-order valence-corrected chi connectivity index (χ3v) is 4.00. The van der Waals surface area contributed by atoms with Crippen LogP contribution in [0.15, 0.2) is 15.8 Å². The van der Waals surface area contributed by atoms with Gasteiger partial charge in [0.2, 0.25) is 0 Å². The van der Waals surface area contributed by atoms with Gasteiger partial charge in [-0.25, -0.2) is 4.79 Å². The fourth-order valence-electron chi connectivity index (χ4n) is 2.41. The number of aromatic amines is 1. The molecule has 0 spiro atoms. The van der Waals surface area contributed by atoms with E-state index in [4.69, 9.17) is 9.47 Å². The van der Waals surface area contributed by atoms with Crippen molar-refractivity contribution in [1.29, 1.82) is 0 Å². The summed E-state index contributed by atoms with van der Waals surface area (Å²) in [5.41, 5.74) is -0.523. The normalized spacial score (nSPS) is 25.0. The van der Waals surface area contributed by atoms with Gasteiger partial charge >= 0.3 is 11.7 Å². The number of esters is 1. The Bertz CT molecular complexity index is 638. The molecule has 0 saturated carbocycles. The number of alkyl halides is 1. The minimum absolute atomic E-state index is 0.259. The molecule has 0 amide bonds. The van der Waals surface area contributed by atoms with Crippen molar-refractivity contribution in [2.24, 2.45) is 0 Å².